The standard InChI is InChI=1S/C15H22N2O2/c1-3-12-6-4-7-13(10-12)16-15(18)17(2)11-14-8-5-9-19-14/h4,6-7,10,14H,3,5,8-9,11H2,1-2H3,(H,16,18)/t14-/m0/s1. The van der Waals surface area contributed by atoms with Crippen LogP contribution >= 0.6 is 0 Å². The SMILES string of the molecule is CCc1cccc(NC(=O)N(C)C[C@@H]2CCCO2)c1. The maximum atomic E-state index is 12.1. The van der Waals surface area contributed by atoms with Crippen molar-refractivity contribution in [2.24, 2.45) is 0 Å². The molecule has 0 bridgehead atoms. The lowest BCUT2D eigenvalue weighted by molar-refractivity contribution is 0.0894. The molecule has 1 heterocycles. The number of nitrogens with zero attached hydrogens (tertiary/aromatic N) is 1. The third-order valence-corrected chi connectivity index (χ3v) is 3.43. The molecular weight excluding hydrogens is 240 g/mol. The molecule has 104 valence electrons. The average molecular weight is 262 g/mol. The average Bonchev–Trinajstić information content (AvgIpc) is 2.91. The molecule has 1 aliphatic heterocycles. The number of hydrogen-bond acceptors (Lipinski definition) is 2. The molecule has 4 nitrogen and oxygen atoms in total. The van der Waals surface area contributed by atoms with Crippen molar-refractivity contribution in [1.82, 2.24) is 4.90 Å². The Bertz CT molecular complexity index is 428. The molecule has 1 saturated heterocycles. The molecule has 0 saturated carbocycles. The van der Waals surface area contributed by atoms with Crippen LogP contribution in [0.15, 0.2) is 24.3 Å². The highest BCUT2D eigenvalue weighted by atomic mass is 16.5. The maximum absolute atomic E-state index is 12.1. The zero-order valence-electron chi connectivity index (χ0n) is 11.7. The molecule has 0 aromatic heterocycles. The lowest BCUT2D eigenvalue weighted by Gasteiger charge is -2.21. The first kappa shape index (κ1) is 13.9. The molecule has 0 unspecified atom stereocenters. The van der Waals surface area contributed by atoms with E-state index in [0.29, 0.717) is 6.54 Å². The van der Waals surface area contributed by atoms with Gasteiger partial charge in [-0.25, -0.2) is 4.79 Å². The largest absolute Gasteiger partial charge is 0.376 e. The molecule has 1 aliphatic rings. The fraction of sp³-hybridized carbons (Fsp3) is 0.533. The predicted molar refractivity (Wildman–Crippen MR) is 76.4 cm³/mol. The van der Waals surface area contributed by atoms with E-state index >= 15 is 0 Å². The highest BCUT2D eigenvalue weighted by Gasteiger charge is 2.19. The molecule has 1 N–H and O–H groups in total. The minimum absolute atomic E-state index is 0.0799. The quantitative estimate of drug-likeness (QED) is 0.906. The summed E-state index contributed by atoms with van der Waals surface area (Å²) in [5, 5.41) is 2.92. The summed E-state index contributed by atoms with van der Waals surface area (Å²) in [5.41, 5.74) is 2.07. The van der Waals surface area contributed by atoms with Crippen LogP contribution in [0.3, 0.4) is 0 Å². The van der Waals surface area contributed by atoms with E-state index in [2.05, 4.69) is 18.3 Å². The van der Waals surface area contributed by atoms with Gasteiger partial charge in [0, 0.05) is 25.9 Å². The molecule has 2 amide bonds. The molecule has 0 spiro atoms. The van der Waals surface area contributed by atoms with E-state index in [1.165, 1.54) is 5.56 Å². The Balaban J connectivity index is 1.88. The summed E-state index contributed by atoms with van der Waals surface area (Å²) in [4.78, 5) is 13.7. The fourth-order valence-electron chi connectivity index (χ4n) is 2.26. The molecule has 1 aromatic carbocycles. The molecule has 1 atom stereocenters. The Morgan fingerprint density at radius 2 is 2.37 bits per heavy atom. The number of benzene rings is 1. The summed E-state index contributed by atoms with van der Waals surface area (Å²) in [6.45, 7) is 3.57. The lowest BCUT2D eigenvalue weighted by Crippen LogP contribution is -2.37. The van der Waals surface area contributed by atoms with Gasteiger partial charge in [0.2, 0.25) is 0 Å². The number of hydrogen-bond donors (Lipinski definition) is 1. The molecule has 1 fully saturated rings. The Kier molecular flexibility index (Phi) is 4.80. The van der Waals surface area contributed by atoms with Crippen LogP contribution in [0.25, 0.3) is 0 Å². The molecular formula is C15H22N2O2. The van der Waals surface area contributed by atoms with E-state index in [9.17, 15) is 4.79 Å². The van der Waals surface area contributed by atoms with E-state index in [1.807, 2.05) is 18.2 Å². The van der Waals surface area contributed by atoms with Gasteiger partial charge in [-0.1, -0.05) is 19.1 Å². The van der Waals surface area contributed by atoms with Crippen LogP contribution < -0.4 is 5.32 Å². The van der Waals surface area contributed by atoms with Gasteiger partial charge in [0.1, 0.15) is 0 Å². The Hall–Kier alpha value is -1.55. The lowest BCUT2D eigenvalue weighted by atomic mass is 10.1. The number of amides is 2. The summed E-state index contributed by atoms with van der Waals surface area (Å²) in [5.74, 6) is 0. The predicted octanol–water partition coefficient (Wildman–Crippen LogP) is 2.89. The molecule has 0 radical (unpaired) electrons. The molecule has 0 aliphatic carbocycles. The number of anilines is 1. The first-order chi connectivity index (χ1) is 9.19. The van der Waals surface area contributed by atoms with Gasteiger partial charge in [-0.15, -0.1) is 0 Å². The van der Waals surface area contributed by atoms with Crippen LogP contribution in [0, 0.1) is 0 Å². The van der Waals surface area contributed by atoms with Crippen molar-refractivity contribution < 1.29 is 9.53 Å². The van der Waals surface area contributed by atoms with Gasteiger partial charge in [-0.05, 0) is 37.0 Å². The third kappa shape index (κ3) is 3.96. The van der Waals surface area contributed by atoms with E-state index in [-0.39, 0.29) is 12.1 Å². The fourth-order valence-corrected chi connectivity index (χ4v) is 2.26. The van der Waals surface area contributed by atoms with Crippen LogP contribution in [0.2, 0.25) is 0 Å². The number of carbonyl (C=O) groups excluding carboxylic acids is 1. The van der Waals surface area contributed by atoms with Crippen LogP contribution in [-0.4, -0.2) is 37.2 Å². The van der Waals surface area contributed by atoms with Gasteiger partial charge < -0.3 is 15.0 Å². The second kappa shape index (κ2) is 6.57. The van der Waals surface area contributed by atoms with Gasteiger partial charge in [0.25, 0.3) is 0 Å². The van der Waals surface area contributed by atoms with Gasteiger partial charge in [0.15, 0.2) is 0 Å². The summed E-state index contributed by atoms with van der Waals surface area (Å²) in [7, 11) is 1.81. The molecule has 2 rings (SSSR count). The van der Waals surface area contributed by atoms with E-state index in [0.717, 1.165) is 31.6 Å². The Morgan fingerprint density at radius 1 is 1.53 bits per heavy atom. The van der Waals surface area contributed by atoms with Crippen molar-refractivity contribution in [3.8, 4) is 0 Å². The Labute approximate surface area is 114 Å². The van der Waals surface area contributed by atoms with Crippen molar-refractivity contribution in [2.75, 3.05) is 25.5 Å². The van der Waals surface area contributed by atoms with Gasteiger partial charge in [0.05, 0.1) is 6.10 Å². The van der Waals surface area contributed by atoms with Crippen molar-refractivity contribution >= 4 is 11.7 Å². The normalized spacial score (nSPS) is 18.3. The summed E-state index contributed by atoms with van der Waals surface area (Å²) < 4.78 is 5.54. The van der Waals surface area contributed by atoms with E-state index in [1.54, 1.807) is 11.9 Å². The minimum Gasteiger partial charge on any atom is -0.376 e. The highest BCUT2D eigenvalue weighted by molar-refractivity contribution is 5.89. The van der Waals surface area contributed by atoms with Crippen molar-refractivity contribution in [2.45, 2.75) is 32.3 Å². The number of rotatable bonds is 4. The topological polar surface area (TPSA) is 41.6 Å². The number of likely N-dealkylation sites (N-methyl/N-ethyl adjacent to an activating group) is 1. The zero-order chi connectivity index (χ0) is 13.7. The molecule has 4 heteroatoms. The summed E-state index contributed by atoms with van der Waals surface area (Å²) in [6, 6.07) is 7.87. The summed E-state index contributed by atoms with van der Waals surface area (Å²) in [6.07, 6.45) is 3.30. The van der Waals surface area contributed by atoms with Crippen molar-refractivity contribution in [1.29, 1.82) is 0 Å². The van der Waals surface area contributed by atoms with Gasteiger partial charge >= 0.3 is 6.03 Å². The molecule has 1 aromatic rings. The second-order valence-corrected chi connectivity index (χ2v) is 5.00. The maximum Gasteiger partial charge on any atom is 0.321 e. The molecule has 19 heavy (non-hydrogen) atoms. The Morgan fingerprint density at radius 3 is 3.05 bits per heavy atom. The van der Waals surface area contributed by atoms with E-state index < -0.39 is 0 Å². The van der Waals surface area contributed by atoms with Gasteiger partial charge in [-0.3, -0.25) is 0 Å². The van der Waals surface area contributed by atoms with Crippen LogP contribution in [-0.2, 0) is 11.2 Å². The monoisotopic (exact) mass is 262 g/mol. The number of carbonyl (C=O) groups is 1. The smallest absolute Gasteiger partial charge is 0.321 e. The minimum atomic E-state index is -0.0799. The second-order valence-electron chi connectivity index (χ2n) is 5.00. The summed E-state index contributed by atoms with van der Waals surface area (Å²) >= 11 is 0. The van der Waals surface area contributed by atoms with Crippen LogP contribution in [0.4, 0.5) is 10.5 Å². The first-order valence-electron chi connectivity index (χ1n) is 6.91. The van der Waals surface area contributed by atoms with Crippen molar-refractivity contribution in [3.05, 3.63) is 29.8 Å². The van der Waals surface area contributed by atoms with Crippen LogP contribution in [0.1, 0.15) is 25.3 Å². The van der Waals surface area contributed by atoms with Crippen LogP contribution in [0.5, 0.6) is 0 Å². The number of aryl methyl sites for hydroxylation is 1. The van der Waals surface area contributed by atoms with Crippen molar-refractivity contribution in [3.63, 3.8) is 0 Å². The number of ether oxygens (including phenoxy) is 1. The zero-order valence-corrected chi connectivity index (χ0v) is 11.7. The van der Waals surface area contributed by atoms with E-state index in [4.69, 9.17) is 4.74 Å². The highest BCUT2D eigenvalue weighted by Crippen LogP contribution is 2.14. The number of nitrogens with one attached hydrogen (secondary N) is 1. The van der Waals surface area contributed by atoms with Gasteiger partial charge in [-0.2, -0.15) is 0 Å². The first-order valence-corrected chi connectivity index (χ1v) is 6.91. The number of urea groups is 1. The third-order valence-electron chi connectivity index (χ3n) is 3.43.